The zero-order valence-corrected chi connectivity index (χ0v) is 7.22. The number of rotatable bonds is 6. The highest BCUT2D eigenvalue weighted by Crippen LogP contribution is 1.95. The van der Waals surface area contributed by atoms with Crippen LogP contribution in [0.25, 0.3) is 0 Å². The highest BCUT2D eigenvalue weighted by atomic mass is 16.7. The Morgan fingerprint density at radius 2 is 1.90 bits per heavy atom. The van der Waals surface area contributed by atoms with Crippen molar-refractivity contribution in [2.24, 2.45) is 0 Å². The Balaban J connectivity index is 2.97. The van der Waals surface area contributed by atoms with Crippen molar-refractivity contribution in [3.05, 3.63) is 0 Å². The second kappa shape index (κ2) is 7.03. The largest absolute Gasteiger partial charge is 0.353 e. The fourth-order valence-corrected chi connectivity index (χ4v) is 0.676. The van der Waals surface area contributed by atoms with Crippen molar-refractivity contribution in [1.29, 1.82) is 0 Å². The molecule has 62 valence electrons. The molecule has 0 aromatic carbocycles. The van der Waals surface area contributed by atoms with Crippen molar-refractivity contribution in [2.45, 2.75) is 39.9 Å². The minimum atomic E-state index is -0.0310. The molecular formula is C8H18O2. The minimum absolute atomic E-state index is 0.0310. The maximum atomic E-state index is 5.30. The zero-order chi connectivity index (χ0) is 7.82. The molecule has 0 saturated carbocycles. The average Bonchev–Trinajstić information content (AvgIpc) is 1.89. The third-order valence-corrected chi connectivity index (χ3v) is 1.25. The Morgan fingerprint density at radius 3 is 2.40 bits per heavy atom. The van der Waals surface area contributed by atoms with Gasteiger partial charge in [0.1, 0.15) is 0 Å². The van der Waals surface area contributed by atoms with Gasteiger partial charge in [-0.15, -0.1) is 0 Å². The monoisotopic (exact) mass is 146 g/mol. The molecule has 2 heteroatoms. The molecule has 0 spiro atoms. The van der Waals surface area contributed by atoms with Crippen LogP contribution in [0.2, 0.25) is 0 Å². The summed E-state index contributed by atoms with van der Waals surface area (Å²) in [6.07, 6.45) is 2.27. The van der Waals surface area contributed by atoms with E-state index in [1.807, 2.05) is 13.8 Å². The summed E-state index contributed by atoms with van der Waals surface area (Å²) >= 11 is 0. The van der Waals surface area contributed by atoms with E-state index in [0.29, 0.717) is 0 Å². The van der Waals surface area contributed by atoms with Gasteiger partial charge in [-0.2, -0.15) is 0 Å². The predicted molar refractivity (Wildman–Crippen MR) is 41.9 cm³/mol. The van der Waals surface area contributed by atoms with E-state index in [1.54, 1.807) is 0 Å². The fraction of sp³-hybridized carbons (Fsp3) is 1.00. The molecule has 0 heterocycles. The van der Waals surface area contributed by atoms with Crippen molar-refractivity contribution in [3.8, 4) is 0 Å². The minimum Gasteiger partial charge on any atom is -0.353 e. The van der Waals surface area contributed by atoms with Crippen LogP contribution in [0.1, 0.15) is 33.6 Å². The summed E-state index contributed by atoms with van der Waals surface area (Å²) in [6, 6.07) is 0. The first kappa shape index (κ1) is 9.92. The smallest absolute Gasteiger partial charge is 0.154 e. The molecule has 0 aliphatic heterocycles. The highest BCUT2D eigenvalue weighted by Gasteiger charge is 1.97. The number of ether oxygens (including phenoxy) is 2. The average molecular weight is 146 g/mol. The van der Waals surface area contributed by atoms with Gasteiger partial charge in [0.05, 0.1) is 0 Å². The summed E-state index contributed by atoms with van der Waals surface area (Å²) in [5.74, 6) is 0. The van der Waals surface area contributed by atoms with Crippen molar-refractivity contribution in [1.82, 2.24) is 0 Å². The van der Waals surface area contributed by atoms with Crippen LogP contribution in [0.4, 0.5) is 0 Å². The molecule has 0 aromatic rings. The van der Waals surface area contributed by atoms with Crippen LogP contribution >= 0.6 is 0 Å². The van der Waals surface area contributed by atoms with Crippen LogP contribution in [0.15, 0.2) is 0 Å². The lowest BCUT2D eigenvalue weighted by molar-refractivity contribution is -0.127. The Morgan fingerprint density at radius 1 is 1.20 bits per heavy atom. The normalized spacial score (nSPS) is 13.5. The molecule has 0 aliphatic rings. The zero-order valence-electron chi connectivity index (χ0n) is 7.22. The topological polar surface area (TPSA) is 18.5 Å². The molecule has 0 rings (SSSR count). The second-order valence-corrected chi connectivity index (χ2v) is 2.25. The quantitative estimate of drug-likeness (QED) is 0.422. The van der Waals surface area contributed by atoms with Gasteiger partial charge in [0, 0.05) is 13.2 Å². The van der Waals surface area contributed by atoms with Crippen LogP contribution in [0, 0.1) is 0 Å². The third-order valence-electron chi connectivity index (χ3n) is 1.25. The van der Waals surface area contributed by atoms with E-state index in [0.717, 1.165) is 19.6 Å². The van der Waals surface area contributed by atoms with Crippen molar-refractivity contribution in [2.75, 3.05) is 13.2 Å². The van der Waals surface area contributed by atoms with Gasteiger partial charge in [0.2, 0.25) is 0 Å². The molecular weight excluding hydrogens is 128 g/mol. The number of unbranched alkanes of at least 4 members (excludes halogenated alkanes) is 1. The Hall–Kier alpha value is -0.0800. The van der Waals surface area contributed by atoms with Gasteiger partial charge in [0.25, 0.3) is 0 Å². The van der Waals surface area contributed by atoms with Crippen molar-refractivity contribution < 1.29 is 9.47 Å². The summed E-state index contributed by atoms with van der Waals surface area (Å²) in [6.45, 7) is 7.60. The molecule has 1 atom stereocenters. The third kappa shape index (κ3) is 6.05. The van der Waals surface area contributed by atoms with Crippen LogP contribution in [-0.4, -0.2) is 19.5 Å². The highest BCUT2D eigenvalue weighted by molar-refractivity contribution is 4.34. The van der Waals surface area contributed by atoms with E-state index in [1.165, 1.54) is 6.42 Å². The van der Waals surface area contributed by atoms with E-state index >= 15 is 0 Å². The van der Waals surface area contributed by atoms with Gasteiger partial charge in [-0.25, -0.2) is 0 Å². The van der Waals surface area contributed by atoms with Crippen LogP contribution in [0.3, 0.4) is 0 Å². The summed E-state index contributed by atoms with van der Waals surface area (Å²) in [7, 11) is 0. The van der Waals surface area contributed by atoms with Gasteiger partial charge >= 0.3 is 0 Å². The predicted octanol–water partition coefficient (Wildman–Crippen LogP) is 2.19. The summed E-state index contributed by atoms with van der Waals surface area (Å²) in [5, 5.41) is 0. The maximum Gasteiger partial charge on any atom is 0.154 e. The Kier molecular flexibility index (Phi) is 6.98. The molecule has 0 amide bonds. The maximum absolute atomic E-state index is 5.30. The number of hydrogen-bond donors (Lipinski definition) is 0. The Labute approximate surface area is 63.5 Å². The Bertz CT molecular complexity index is 64.3. The van der Waals surface area contributed by atoms with Gasteiger partial charge in [-0.05, 0) is 20.3 Å². The second-order valence-electron chi connectivity index (χ2n) is 2.25. The summed E-state index contributed by atoms with van der Waals surface area (Å²) in [5.41, 5.74) is 0. The van der Waals surface area contributed by atoms with E-state index in [4.69, 9.17) is 9.47 Å². The van der Waals surface area contributed by atoms with Crippen molar-refractivity contribution >= 4 is 0 Å². The van der Waals surface area contributed by atoms with Gasteiger partial charge in [-0.3, -0.25) is 0 Å². The lowest BCUT2D eigenvalue weighted by Gasteiger charge is -2.11. The van der Waals surface area contributed by atoms with Gasteiger partial charge in [-0.1, -0.05) is 13.3 Å². The molecule has 0 N–H and O–H groups in total. The molecule has 10 heavy (non-hydrogen) atoms. The first-order valence-electron chi connectivity index (χ1n) is 4.04. The van der Waals surface area contributed by atoms with E-state index in [2.05, 4.69) is 6.92 Å². The standard InChI is InChI=1S/C8H18O2/c1-4-6-7-10-8(3)9-5-2/h8H,4-7H2,1-3H3/t8-/m0/s1. The molecule has 0 aromatic heterocycles. The molecule has 0 bridgehead atoms. The summed E-state index contributed by atoms with van der Waals surface area (Å²) in [4.78, 5) is 0. The number of hydrogen-bond acceptors (Lipinski definition) is 2. The lowest BCUT2D eigenvalue weighted by atomic mass is 10.4. The molecule has 0 saturated heterocycles. The molecule has 2 nitrogen and oxygen atoms in total. The molecule has 0 aliphatic carbocycles. The van der Waals surface area contributed by atoms with Crippen LogP contribution in [0.5, 0.6) is 0 Å². The van der Waals surface area contributed by atoms with Gasteiger partial charge in [0.15, 0.2) is 6.29 Å². The molecule has 0 unspecified atom stereocenters. The molecule has 0 radical (unpaired) electrons. The molecule has 0 fully saturated rings. The SMILES string of the molecule is CCCCO[C@@H](C)OCC. The fourth-order valence-electron chi connectivity index (χ4n) is 0.676. The van der Waals surface area contributed by atoms with E-state index in [-0.39, 0.29) is 6.29 Å². The van der Waals surface area contributed by atoms with Crippen LogP contribution in [-0.2, 0) is 9.47 Å². The van der Waals surface area contributed by atoms with E-state index in [9.17, 15) is 0 Å². The van der Waals surface area contributed by atoms with Crippen LogP contribution < -0.4 is 0 Å². The summed E-state index contributed by atoms with van der Waals surface area (Å²) < 4.78 is 10.5. The first-order chi connectivity index (χ1) is 4.81. The lowest BCUT2D eigenvalue weighted by Crippen LogP contribution is -2.13. The van der Waals surface area contributed by atoms with Crippen molar-refractivity contribution in [3.63, 3.8) is 0 Å². The van der Waals surface area contributed by atoms with E-state index < -0.39 is 0 Å². The van der Waals surface area contributed by atoms with Gasteiger partial charge < -0.3 is 9.47 Å². The first-order valence-corrected chi connectivity index (χ1v) is 4.04.